The van der Waals surface area contributed by atoms with Crippen LogP contribution in [0.4, 0.5) is 0 Å². The van der Waals surface area contributed by atoms with E-state index in [1.165, 1.54) is 23.7 Å². The lowest BCUT2D eigenvalue weighted by Gasteiger charge is -2.36. The third-order valence-electron chi connectivity index (χ3n) is 6.64. The van der Waals surface area contributed by atoms with Crippen molar-refractivity contribution in [2.24, 2.45) is 5.92 Å². The Labute approximate surface area is 167 Å². The molecule has 2 aromatic rings. The minimum atomic E-state index is 0.0586. The lowest BCUT2D eigenvalue weighted by molar-refractivity contribution is -0.127. The van der Waals surface area contributed by atoms with E-state index in [9.17, 15) is 4.79 Å². The Balaban J connectivity index is 1.23. The second kappa shape index (κ2) is 7.78. The quantitative estimate of drug-likeness (QED) is 0.861. The zero-order valence-electron chi connectivity index (χ0n) is 16.6. The molecule has 1 amide bonds. The SMILES string of the molecule is O=C1NCCCCC1N1CCC(Oc2cccc3c2ccn3CC2CC2)CC1. The fourth-order valence-corrected chi connectivity index (χ4v) is 4.79. The van der Waals surface area contributed by atoms with Crippen LogP contribution in [0.2, 0.25) is 0 Å². The van der Waals surface area contributed by atoms with E-state index in [2.05, 4.69) is 45.2 Å². The molecular formula is C23H31N3O2. The molecule has 28 heavy (non-hydrogen) atoms. The van der Waals surface area contributed by atoms with Crippen LogP contribution in [-0.2, 0) is 11.3 Å². The van der Waals surface area contributed by atoms with Crippen LogP contribution in [0, 0.1) is 5.92 Å². The number of nitrogens with one attached hydrogen (secondary N) is 1. The van der Waals surface area contributed by atoms with Gasteiger partial charge in [-0.25, -0.2) is 0 Å². The van der Waals surface area contributed by atoms with Crippen LogP contribution in [0.15, 0.2) is 30.5 Å². The van der Waals surface area contributed by atoms with Gasteiger partial charge < -0.3 is 14.6 Å². The predicted molar refractivity (Wildman–Crippen MR) is 111 cm³/mol. The maximum atomic E-state index is 12.3. The number of nitrogens with zero attached hydrogens (tertiary/aromatic N) is 2. The van der Waals surface area contributed by atoms with E-state index in [4.69, 9.17) is 4.74 Å². The number of carbonyl (C=O) groups excluding carboxylic acids is 1. The van der Waals surface area contributed by atoms with Crippen molar-refractivity contribution in [2.45, 2.75) is 63.6 Å². The van der Waals surface area contributed by atoms with E-state index in [0.29, 0.717) is 0 Å². The van der Waals surface area contributed by atoms with Crippen LogP contribution in [0.3, 0.4) is 0 Å². The molecule has 1 unspecified atom stereocenters. The van der Waals surface area contributed by atoms with E-state index in [-0.39, 0.29) is 18.1 Å². The highest BCUT2D eigenvalue weighted by molar-refractivity contribution is 5.86. The number of hydrogen-bond acceptors (Lipinski definition) is 3. The minimum absolute atomic E-state index is 0.0586. The minimum Gasteiger partial charge on any atom is -0.490 e. The van der Waals surface area contributed by atoms with Gasteiger partial charge in [0.2, 0.25) is 5.91 Å². The highest BCUT2D eigenvalue weighted by Gasteiger charge is 2.31. The standard InChI is InChI=1S/C23H31N3O2/c27-23-21(4-1-2-12-24-23)25-13-9-18(10-14-25)28-22-6-3-5-20-19(22)11-15-26(20)16-17-7-8-17/h3,5-6,11,15,17-18,21H,1-2,4,7-10,12-14,16H2,(H,24,27). The first-order valence-corrected chi connectivity index (χ1v) is 11.0. The summed E-state index contributed by atoms with van der Waals surface area (Å²) in [6.07, 6.45) is 10.4. The Bertz CT molecular complexity index is 833. The van der Waals surface area contributed by atoms with Gasteiger partial charge >= 0.3 is 0 Å². The lowest BCUT2D eigenvalue weighted by Crippen LogP contribution is -2.50. The van der Waals surface area contributed by atoms with Gasteiger partial charge in [0.25, 0.3) is 0 Å². The maximum absolute atomic E-state index is 12.3. The topological polar surface area (TPSA) is 46.5 Å². The van der Waals surface area contributed by atoms with Crippen molar-refractivity contribution in [1.82, 2.24) is 14.8 Å². The first kappa shape index (κ1) is 18.0. The zero-order valence-corrected chi connectivity index (χ0v) is 16.6. The van der Waals surface area contributed by atoms with Crippen molar-refractivity contribution in [1.29, 1.82) is 0 Å². The fraction of sp³-hybridized carbons (Fsp3) is 0.609. The van der Waals surface area contributed by atoms with Gasteiger partial charge in [-0.2, -0.15) is 0 Å². The molecule has 3 fully saturated rings. The molecule has 1 aromatic carbocycles. The number of benzene rings is 1. The average molecular weight is 382 g/mol. The van der Waals surface area contributed by atoms with Gasteiger partial charge in [-0.05, 0) is 69.1 Å². The number of piperidine rings is 1. The van der Waals surface area contributed by atoms with E-state index >= 15 is 0 Å². The summed E-state index contributed by atoms with van der Waals surface area (Å²) < 4.78 is 8.83. The number of likely N-dealkylation sites (tertiary alicyclic amines) is 1. The Morgan fingerprint density at radius 3 is 2.71 bits per heavy atom. The third kappa shape index (κ3) is 3.77. The normalized spacial score (nSPS) is 24.9. The summed E-state index contributed by atoms with van der Waals surface area (Å²) in [6, 6.07) is 8.69. The Morgan fingerprint density at radius 1 is 1.04 bits per heavy atom. The number of hydrogen-bond donors (Lipinski definition) is 1. The molecule has 5 rings (SSSR count). The van der Waals surface area contributed by atoms with Crippen LogP contribution in [0.25, 0.3) is 10.9 Å². The zero-order chi connectivity index (χ0) is 18.9. The number of fused-ring (bicyclic) bond motifs is 1. The molecular weight excluding hydrogens is 350 g/mol. The van der Waals surface area contributed by atoms with E-state index < -0.39 is 0 Å². The molecule has 2 saturated heterocycles. The summed E-state index contributed by atoms with van der Waals surface area (Å²) in [6.45, 7) is 3.86. The van der Waals surface area contributed by atoms with Crippen molar-refractivity contribution >= 4 is 16.8 Å². The van der Waals surface area contributed by atoms with Crippen LogP contribution < -0.4 is 10.1 Å². The van der Waals surface area contributed by atoms with Gasteiger partial charge in [-0.1, -0.05) is 6.07 Å². The van der Waals surface area contributed by atoms with Crippen molar-refractivity contribution in [3.05, 3.63) is 30.5 Å². The van der Waals surface area contributed by atoms with E-state index in [1.54, 1.807) is 0 Å². The number of rotatable bonds is 5. The van der Waals surface area contributed by atoms with E-state index in [0.717, 1.165) is 70.0 Å². The summed E-state index contributed by atoms with van der Waals surface area (Å²) in [5.74, 6) is 2.10. The molecule has 0 bridgehead atoms. The molecule has 0 spiro atoms. The van der Waals surface area contributed by atoms with E-state index in [1.807, 2.05) is 0 Å². The number of carbonyl (C=O) groups is 1. The van der Waals surface area contributed by atoms with Crippen LogP contribution in [0.1, 0.15) is 44.9 Å². The van der Waals surface area contributed by atoms with Crippen molar-refractivity contribution in [2.75, 3.05) is 19.6 Å². The monoisotopic (exact) mass is 381 g/mol. The van der Waals surface area contributed by atoms with Crippen LogP contribution in [0.5, 0.6) is 5.75 Å². The predicted octanol–water partition coefficient (Wildman–Crippen LogP) is 3.56. The molecule has 3 heterocycles. The highest BCUT2D eigenvalue weighted by atomic mass is 16.5. The van der Waals surface area contributed by atoms with Gasteiger partial charge in [0.15, 0.2) is 0 Å². The number of aromatic nitrogens is 1. The lowest BCUT2D eigenvalue weighted by atomic mass is 10.0. The van der Waals surface area contributed by atoms with Crippen molar-refractivity contribution in [3.8, 4) is 5.75 Å². The Kier molecular flexibility index (Phi) is 5.02. The highest BCUT2D eigenvalue weighted by Crippen LogP contribution is 2.34. The largest absolute Gasteiger partial charge is 0.490 e. The summed E-state index contributed by atoms with van der Waals surface area (Å²) >= 11 is 0. The number of ether oxygens (including phenoxy) is 1. The molecule has 150 valence electrons. The smallest absolute Gasteiger partial charge is 0.237 e. The van der Waals surface area contributed by atoms with Crippen molar-refractivity contribution in [3.63, 3.8) is 0 Å². The second-order valence-corrected chi connectivity index (χ2v) is 8.76. The van der Waals surface area contributed by atoms with Gasteiger partial charge in [0.1, 0.15) is 11.9 Å². The molecule has 1 saturated carbocycles. The van der Waals surface area contributed by atoms with Gasteiger partial charge in [-0.15, -0.1) is 0 Å². The molecule has 0 radical (unpaired) electrons. The average Bonchev–Trinajstić information content (AvgIpc) is 3.47. The summed E-state index contributed by atoms with van der Waals surface area (Å²) in [4.78, 5) is 14.7. The van der Waals surface area contributed by atoms with Gasteiger partial charge in [0, 0.05) is 37.8 Å². The van der Waals surface area contributed by atoms with Crippen molar-refractivity contribution < 1.29 is 9.53 Å². The second-order valence-electron chi connectivity index (χ2n) is 8.76. The maximum Gasteiger partial charge on any atom is 0.237 e. The molecule has 1 atom stereocenters. The van der Waals surface area contributed by atoms with Crippen LogP contribution >= 0.6 is 0 Å². The Morgan fingerprint density at radius 2 is 1.89 bits per heavy atom. The molecule has 1 aliphatic carbocycles. The third-order valence-corrected chi connectivity index (χ3v) is 6.64. The molecule has 2 aliphatic heterocycles. The first-order chi connectivity index (χ1) is 13.8. The summed E-state index contributed by atoms with van der Waals surface area (Å²) in [5, 5.41) is 4.30. The fourth-order valence-electron chi connectivity index (χ4n) is 4.79. The molecule has 1 aromatic heterocycles. The number of amides is 1. The molecule has 1 N–H and O–H groups in total. The molecule has 3 aliphatic rings. The molecule has 5 nitrogen and oxygen atoms in total. The first-order valence-electron chi connectivity index (χ1n) is 11.0. The summed E-state index contributed by atoms with van der Waals surface area (Å²) in [7, 11) is 0. The van der Waals surface area contributed by atoms with Crippen LogP contribution in [-0.4, -0.2) is 47.2 Å². The van der Waals surface area contributed by atoms with Gasteiger partial charge in [-0.3, -0.25) is 9.69 Å². The molecule has 5 heteroatoms. The van der Waals surface area contributed by atoms with Gasteiger partial charge in [0.05, 0.1) is 11.6 Å². The Hall–Kier alpha value is -2.01. The summed E-state index contributed by atoms with van der Waals surface area (Å²) in [5.41, 5.74) is 1.29.